The Hall–Kier alpha value is -3.51. The van der Waals surface area contributed by atoms with E-state index in [1.807, 2.05) is 0 Å². The van der Waals surface area contributed by atoms with Gasteiger partial charge in [-0.3, -0.25) is 14.0 Å². The van der Waals surface area contributed by atoms with Crippen LogP contribution in [0, 0.1) is 5.82 Å². The number of nitrogens with one attached hydrogen (secondary N) is 1. The number of fused-ring (bicyclic) bond motifs is 1. The van der Waals surface area contributed by atoms with Crippen molar-refractivity contribution in [3.05, 3.63) is 77.1 Å². The largest absolute Gasteiger partial charge is 0.382 e. The van der Waals surface area contributed by atoms with E-state index in [4.69, 9.17) is 27.1 Å². The number of halogens is 2. The molecule has 1 fully saturated rings. The van der Waals surface area contributed by atoms with E-state index in [9.17, 15) is 8.42 Å². The van der Waals surface area contributed by atoms with Crippen LogP contribution in [-0.4, -0.2) is 60.0 Å². The highest BCUT2D eigenvalue weighted by atomic mass is 35.5. The van der Waals surface area contributed by atoms with Crippen LogP contribution in [0.4, 0.5) is 15.9 Å². The highest BCUT2D eigenvalue weighted by Crippen LogP contribution is 2.37. The smallest absolute Gasteiger partial charge is 0.263 e. The van der Waals surface area contributed by atoms with Gasteiger partial charge in [-0.2, -0.15) is 0 Å². The SMILES string of the molecule is CC(C)c1nc(-c2ccc(NS(=O)(=O)c3ccccc3Cl)c(F)c2)c2c(N)ncc(C3=CCC(N4CCOCC4)CC3)n12. The van der Waals surface area contributed by atoms with Crippen molar-refractivity contribution < 1.29 is 17.5 Å². The Bertz CT molecular complexity index is 1820. The molecule has 1 unspecified atom stereocenters. The minimum atomic E-state index is -4.11. The van der Waals surface area contributed by atoms with Gasteiger partial charge in [0.05, 0.1) is 35.8 Å². The van der Waals surface area contributed by atoms with Crippen LogP contribution in [0.5, 0.6) is 0 Å². The van der Waals surface area contributed by atoms with Crippen molar-refractivity contribution in [1.82, 2.24) is 19.3 Å². The lowest BCUT2D eigenvalue weighted by Crippen LogP contribution is -2.44. The lowest BCUT2D eigenvalue weighted by atomic mass is 9.92. The van der Waals surface area contributed by atoms with Gasteiger partial charge in [0.15, 0.2) is 0 Å². The average molecular weight is 625 g/mol. The Kier molecular flexibility index (Phi) is 8.16. The molecule has 0 spiro atoms. The van der Waals surface area contributed by atoms with Crippen LogP contribution < -0.4 is 10.5 Å². The number of imidazole rings is 1. The molecule has 12 heteroatoms. The first-order chi connectivity index (χ1) is 20.6. The van der Waals surface area contributed by atoms with Gasteiger partial charge in [0.25, 0.3) is 10.0 Å². The molecule has 3 heterocycles. The third kappa shape index (κ3) is 5.74. The van der Waals surface area contributed by atoms with Crippen molar-refractivity contribution in [2.75, 3.05) is 36.8 Å². The van der Waals surface area contributed by atoms with Crippen LogP contribution in [0.1, 0.15) is 50.5 Å². The van der Waals surface area contributed by atoms with E-state index in [1.165, 1.54) is 29.8 Å². The summed E-state index contributed by atoms with van der Waals surface area (Å²) < 4.78 is 51.1. The van der Waals surface area contributed by atoms with Crippen LogP contribution >= 0.6 is 11.6 Å². The number of nitrogen functional groups attached to an aromatic ring is 1. The third-order valence-corrected chi connectivity index (χ3v) is 9.98. The summed E-state index contributed by atoms with van der Waals surface area (Å²) in [5.74, 6) is 0.352. The second-order valence-corrected chi connectivity index (χ2v) is 13.3. The number of aromatic nitrogens is 3. The zero-order valence-electron chi connectivity index (χ0n) is 24.1. The second-order valence-electron chi connectivity index (χ2n) is 11.2. The van der Waals surface area contributed by atoms with E-state index >= 15 is 4.39 Å². The predicted octanol–water partition coefficient (Wildman–Crippen LogP) is 5.96. The molecule has 1 saturated heterocycles. The van der Waals surface area contributed by atoms with Gasteiger partial charge >= 0.3 is 0 Å². The van der Waals surface area contributed by atoms with E-state index in [1.54, 1.807) is 24.4 Å². The highest BCUT2D eigenvalue weighted by Gasteiger charge is 2.27. The number of ether oxygens (including phenoxy) is 1. The summed E-state index contributed by atoms with van der Waals surface area (Å²) in [6, 6.07) is 10.7. The molecule has 1 atom stereocenters. The first-order valence-corrected chi connectivity index (χ1v) is 16.3. The molecule has 226 valence electrons. The fourth-order valence-electron chi connectivity index (χ4n) is 5.92. The maximum absolute atomic E-state index is 15.4. The van der Waals surface area contributed by atoms with Gasteiger partial charge in [0.2, 0.25) is 0 Å². The summed E-state index contributed by atoms with van der Waals surface area (Å²) in [6.45, 7) is 7.58. The lowest BCUT2D eigenvalue weighted by Gasteiger charge is -2.36. The van der Waals surface area contributed by atoms with E-state index < -0.39 is 15.8 Å². The number of hydrogen-bond acceptors (Lipinski definition) is 7. The van der Waals surface area contributed by atoms with Gasteiger partial charge in [-0.1, -0.05) is 49.7 Å². The number of rotatable bonds is 7. The number of sulfonamides is 1. The molecule has 0 bridgehead atoms. The van der Waals surface area contributed by atoms with Crippen molar-refractivity contribution >= 4 is 44.2 Å². The van der Waals surface area contributed by atoms with E-state index in [-0.39, 0.29) is 27.3 Å². The van der Waals surface area contributed by atoms with Crippen molar-refractivity contribution in [1.29, 1.82) is 0 Å². The molecule has 4 aromatic rings. The Morgan fingerprint density at radius 2 is 1.93 bits per heavy atom. The van der Waals surface area contributed by atoms with Crippen LogP contribution in [-0.2, 0) is 14.8 Å². The van der Waals surface area contributed by atoms with Crippen LogP contribution in [0.3, 0.4) is 0 Å². The van der Waals surface area contributed by atoms with E-state index in [0.29, 0.717) is 22.8 Å². The minimum Gasteiger partial charge on any atom is -0.382 e. The summed E-state index contributed by atoms with van der Waals surface area (Å²) in [7, 11) is -4.11. The van der Waals surface area contributed by atoms with Gasteiger partial charge < -0.3 is 10.5 Å². The number of benzene rings is 2. The summed E-state index contributed by atoms with van der Waals surface area (Å²) in [5.41, 5.74) is 9.89. The zero-order valence-corrected chi connectivity index (χ0v) is 25.6. The fraction of sp³-hybridized carbons (Fsp3) is 0.355. The summed E-state index contributed by atoms with van der Waals surface area (Å²) in [6.07, 6.45) is 6.96. The van der Waals surface area contributed by atoms with Gasteiger partial charge in [-0.15, -0.1) is 0 Å². The Morgan fingerprint density at radius 3 is 2.60 bits per heavy atom. The number of allylic oxidation sites excluding steroid dienone is 1. The maximum Gasteiger partial charge on any atom is 0.263 e. The Morgan fingerprint density at radius 1 is 1.16 bits per heavy atom. The summed E-state index contributed by atoms with van der Waals surface area (Å²) >= 11 is 6.08. The van der Waals surface area contributed by atoms with Crippen LogP contribution in [0.2, 0.25) is 5.02 Å². The molecule has 0 amide bonds. The molecule has 43 heavy (non-hydrogen) atoms. The fourth-order valence-corrected chi connectivity index (χ4v) is 7.51. The molecule has 0 radical (unpaired) electrons. The highest BCUT2D eigenvalue weighted by molar-refractivity contribution is 7.92. The molecular formula is C31H34ClFN6O3S. The van der Waals surface area contributed by atoms with Gasteiger partial charge in [-0.25, -0.2) is 22.8 Å². The standard InChI is InChI=1S/C31H34ClFN6O3S/c1-19(2)31-36-28(21-9-12-25(24(33)17-21)37-43(40,41)27-6-4-3-5-23(27)32)29-30(34)35-18-26(39(29)31)20-7-10-22(11-8-20)38-13-15-42-16-14-38/h3-7,9,12,17-19,22,37H,8,10-11,13-16H2,1-2H3,(H2,34,35). The molecule has 2 aromatic carbocycles. The van der Waals surface area contributed by atoms with E-state index in [0.717, 1.165) is 57.1 Å². The minimum absolute atomic E-state index is 0.0404. The topological polar surface area (TPSA) is 115 Å². The first kappa shape index (κ1) is 29.6. The normalized spacial score (nSPS) is 18.3. The van der Waals surface area contributed by atoms with E-state index in [2.05, 4.69) is 38.9 Å². The first-order valence-electron chi connectivity index (χ1n) is 14.4. The molecule has 1 aliphatic heterocycles. The summed E-state index contributed by atoms with van der Waals surface area (Å²) in [5, 5.41) is 0.0428. The molecular weight excluding hydrogens is 591 g/mol. The third-order valence-electron chi connectivity index (χ3n) is 8.12. The Labute approximate surface area is 255 Å². The lowest BCUT2D eigenvalue weighted by molar-refractivity contribution is 0.0150. The molecule has 0 saturated carbocycles. The van der Waals surface area contributed by atoms with Crippen molar-refractivity contribution in [2.24, 2.45) is 0 Å². The molecule has 2 aromatic heterocycles. The number of morpholine rings is 1. The molecule has 9 nitrogen and oxygen atoms in total. The molecule has 1 aliphatic carbocycles. The molecule has 2 aliphatic rings. The van der Waals surface area contributed by atoms with Crippen LogP contribution in [0.15, 0.2) is 59.6 Å². The Balaban J connectivity index is 1.36. The number of hydrogen-bond donors (Lipinski definition) is 2. The molecule has 6 rings (SSSR count). The number of nitrogens with two attached hydrogens (primary N) is 1. The zero-order chi connectivity index (χ0) is 30.3. The van der Waals surface area contributed by atoms with Crippen molar-refractivity contribution in [3.8, 4) is 11.3 Å². The monoisotopic (exact) mass is 624 g/mol. The van der Waals surface area contributed by atoms with Gasteiger partial charge in [0, 0.05) is 30.6 Å². The average Bonchev–Trinajstić information content (AvgIpc) is 3.41. The quantitative estimate of drug-likeness (QED) is 0.261. The maximum atomic E-state index is 15.4. The molecule has 3 N–H and O–H groups in total. The van der Waals surface area contributed by atoms with Gasteiger partial charge in [-0.05, 0) is 49.1 Å². The summed E-state index contributed by atoms with van der Waals surface area (Å²) in [4.78, 5) is 11.8. The second kappa shape index (κ2) is 11.9. The van der Waals surface area contributed by atoms with Gasteiger partial charge in [0.1, 0.15) is 33.6 Å². The van der Waals surface area contributed by atoms with Crippen molar-refractivity contribution in [2.45, 2.75) is 50.0 Å². The predicted molar refractivity (Wildman–Crippen MR) is 167 cm³/mol. The van der Waals surface area contributed by atoms with Crippen molar-refractivity contribution in [3.63, 3.8) is 0 Å². The van der Waals surface area contributed by atoms with Crippen LogP contribution in [0.25, 0.3) is 22.3 Å². The number of anilines is 2. The number of nitrogens with zero attached hydrogens (tertiary/aromatic N) is 4.